The average Bonchev–Trinajstić information content (AvgIpc) is 2.91. The maximum atomic E-state index is 12.7. The third kappa shape index (κ3) is 4.04. The fourth-order valence-corrected chi connectivity index (χ4v) is 3.49. The van der Waals surface area contributed by atoms with Crippen LogP contribution in [0.15, 0.2) is 10.8 Å². The first-order valence-corrected chi connectivity index (χ1v) is 8.38. The standard InChI is InChI=1S/C15H23N3O2S/c1-11-9-21-10-13(11)15(20)18-7-3-2-4-12(18)8-17-14(19)5-6-16/h9-10,12H,2-8,16H2,1H3,(H,17,19). The lowest BCUT2D eigenvalue weighted by Gasteiger charge is -2.36. The molecule has 0 spiro atoms. The van der Waals surface area contributed by atoms with E-state index in [2.05, 4.69) is 5.32 Å². The van der Waals surface area contributed by atoms with Crippen LogP contribution in [0.5, 0.6) is 0 Å². The molecular formula is C15H23N3O2S. The van der Waals surface area contributed by atoms with E-state index in [1.54, 1.807) is 11.3 Å². The Morgan fingerprint density at radius 2 is 2.24 bits per heavy atom. The summed E-state index contributed by atoms with van der Waals surface area (Å²) in [7, 11) is 0. The van der Waals surface area contributed by atoms with Gasteiger partial charge in [0.05, 0.1) is 5.56 Å². The summed E-state index contributed by atoms with van der Waals surface area (Å²) in [5.74, 6) is 0.0497. The number of thiophene rings is 1. The minimum atomic E-state index is -0.0396. The molecule has 116 valence electrons. The smallest absolute Gasteiger partial charge is 0.255 e. The second-order valence-electron chi connectivity index (χ2n) is 5.46. The lowest BCUT2D eigenvalue weighted by molar-refractivity contribution is -0.121. The van der Waals surface area contributed by atoms with E-state index in [1.807, 2.05) is 22.6 Å². The van der Waals surface area contributed by atoms with Crippen LogP contribution in [0.1, 0.15) is 41.6 Å². The van der Waals surface area contributed by atoms with Crippen LogP contribution in [0.25, 0.3) is 0 Å². The SMILES string of the molecule is Cc1cscc1C(=O)N1CCCCC1CNC(=O)CCN. The van der Waals surface area contributed by atoms with Crippen molar-refractivity contribution in [2.45, 2.75) is 38.6 Å². The first-order valence-electron chi connectivity index (χ1n) is 7.44. The number of carbonyl (C=O) groups is 2. The highest BCUT2D eigenvalue weighted by Crippen LogP contribution is 2.22. The summed E-state index contributed by atoms with van der Waals surface area (Å²) in [5, 5.41) is 6.80. The van der Waals surface area contributed by atoms with Gasteiger partial charge in [-0.1, -0.05) is 0 Å². The van der Waals surface area contributed by atoms with Crippen LogP contribution in [0.2, 0.25) is 0 Å². The molecule has 0 aliphatic carbocycles. The molecule has 2 amide bonds. The minimum Gasteiger partial charge on any atom is -0.354 e. The van der Waals surface area contributed by atoms with E-state index in [-0.39, 0.29) is 17.9 Å². The summed E-state index contributed by atoms with van der Waals surface area (Å²) >= 11 is 1.55. The fourth-order valence-electron chi connectivity index (χ4n) is 2.67. The van der Waals surface area contributed by atoms with Crippen molar-refractivity contribution in [1.29, 1.82) is 0 Å². The van der Waals surface area contributed by atoms with Crippen LogP contribution in [-0.2, 0) is 4.79 Å². The molecular weight excluding hydrogens is 286 g/mol. The zero-order valence-corrected chi connectivity index (χ0v) is 13.2. The summed E-state index contributed by atoms with van der Waals surface area (Å²) in [5.41, 5.74) is 7.19. The summed E-state index contributed by atoms with van der Waals surface area (Å²) in [4.78, 5) is 26.1. The Morgan fingerprint density at radius 3 is 2.90 bits per heavy atom. The molecule has 1 aromatic heterocycles. The van der Waals surface area contributed by atoms with Gasteiger partial charge in [0.2, 0.25) is 5.91 Å². The van der Waals surface area contributed by atoms with Crippen LogP contribution in [0.3, 0.4) is 0 Å². The van der Waals surface area contributed by atoms with Gasteiger partial charge in [-0.2, -0.15) is 11.3 Å². The zero-order chi connectivity index (χ0) is 15.2. The quantitative estimate of drug-likeness (QED) is 0.866. The van der Waals surface area contributed by atoms with Gasteiger partial charge in [-0.15, -0.1) is 0 Å². The summed E-state index contributed by atoms with van der Waals surface area (Å²) in [6.45, 7) is 3.61. The molecule has 1 aromatic rings. The maximum Gasteiger partial charge on any atom is 0.255 e. The Morgan fingerprint density at radius 1 is 1.43 bits per heavy atom. The highest BCUT2D eigenvalue weighted by Gasteiger charge is 2.28. The second kappa shape index (κ2) is 7.56. The number of likely N-dealkylation sites (tertiary alicyclic amines) is 1. The number of amides is 2. The molecule has 2 rings (SSSR count). The van der Waals surface area contributed by atoms with E-state index < -0.39 is 0 Å². The van der Waals surface area contributed by atoms with Crippen LogP contribution in [0.4, 0.5) is 0 Å². The summed E-state index contributed by atoms with van der Waals surface area (Å²) < 4.78 is 0. The molecule has 2 heterocycles. The highest BCUT2D eigenvalue weighted by atomic mass is 32.1. The first-order chi connectivity index (χ1) is 10.1. The van der Waals surface area contributed by atoms with Gasteiger partial charge in [0.1, 0.15) is 0 Å². The predicted molar refractivity (Wildman–Crippen MR) is 84.4 cm³/mol. The van der Waals surface area contributed by atoms with Crippen LogP contribution in [0, 0.1) is 6.92 Å². The molecule has 0 bridgehead atoms. The molecule has 1 fully saturated rings. The number of piperidine rings is 1. The lowest BCUT2D eigenvalue weighted by atomic mass is 10.0. The van der Waals surface area contributed by atoms with Crippen molar-refractivity contribution >= 4 is 23.2 Å². The molecule has 1 atom stereocenters. The van der Waals surface area contributed by atoms with Crippen molar-refractivity contribution < 1.29 is 9.59 Å². The Kier molecular flexibility index (Phi) is 5.76. The summed E-state index contributed by atoms with van der Waals surface area (Å²) in [6, 6.07) is 0.0901. The summed E-state index contributed by atoms with van der Waals surface area (Å²) in [6.07, 6.45) is 3.41. The van der Waals surface area contributed by atoms with Gasteiger partial charge < -0.3 is 16.0 Å². The predicted octanol–water partition coefficient (Wildman–Crippen LogP) is 1.52. The molecule has 1 aliphatic rings. The first kappa shape index (κ1) is 16.0. The number of nitrogens with one attached hydrogen (secondary N) is 1. The number of carbonyl (C=O) groups excluding carboxylic acids is 2. The van der Waals surface area contributed by atoms with E-state index in [0.29, 0.717) is 19.5 Å². The Balaban J connectivity index is 2.00. The molecule has 0 aromatic carbocycles. The van der Waals surface area contributed by atoms with E-state index in [1.165, 1.54) is 0 Å². The van der Waals surface area contributed by atoms with Gasteiger partial charge in [-0.25, -0.2) is 0 Å². The monoisotopic (exact) mass is 309 g/mol. The number of rotatable bonds is 5. The number of hydrogen-bond acceptors (Lipinski definition) is 4. The topological polar surface area (TPSA) is 75.4 Å². The average molecular weight is 309 g/mol. The molecule has 6 heteroatoms. The fraction of sp³-hybridized carbons (Fsp3) is 0.600. The van der Waals surface area contributed by atoms with Crippen LogP contribution >= 0.6 is 11.3 Å². The van der Waals surface area contributed by atoms with E-state index in [0.717, 1.165) is 36.9 Å². The number of nitrogens with zero attached hydrogens (tertiary/aromatic N) is 1. The van der Waals surface area contributed by atoms with Crippen molar-refractivity contribution in [1.82, 2.24) is 10.2 Å². The van der Waals surface area contributed by atoms with E-state index >= 15 is 0 Å². The van der Waals surface area contributed by atoms with Gasteiger partial charge in [-0.05, 0) is 37.1 Å². The van der Waals surface area contributed by atoms with E-state index in [4.69, 9.17) is 5.73 Å². The van der Waals surface area contributed by atoms with Gasteiger partial charge in [-0.3, -0.25) is 9.59 Å². The molecule has 21 heavy (non-hydrogen) atoms. The molecule has 1 saturated heterocycles. The third-order valence-corrected chi connectivity index (χ3v) is 4.74. The van der Waals surface area contributed by atoms with E-state index in [9.17, 15) is 9.59 Å². The molecule has 0 radical (unpaired) electrons. The van der Waals surface area contributed by atoms with Gasteiger partial charge in [0, 0.05) is 37.5 Å². The largest absolute Gasteiger partial charge is 0.354 e. The second-order valence-corrected chi connectivity index (χ2v) is 6.20. The van der Waals surface area contributed by atoms with Gasteiger partial charge in [0.25, 0.3) is 5.91 Å². The molecule has 5 nitrogen and oxygen atoms in total. The normalized spacial score (nSPS) is 18.6. The van der Waals surface area contributed by atoms with Gasteiger partial charge >= 0.3 is 0 Å². The number of nitrogens with two attached hydrogens (primary N) is 1. The molecule has 1 unspecified atom stereocenters. The zero-order valence-electron chi connectivity index (χ0n) is 12.4. The van der Waals surface area contributed by atoms with Gasteiger partial charge in [0.15, 0.2) is 0 Å². The molecule has 1 aliphatic heterocycles. The Labute approximate surface area is 129 Å². The van der Waals surface area contributed by atoms with Crippen LogP contribution < -0.4 is 11.1 Å². The molecule has 0 saturated carbocycles. The number of aryl methyl sites for hydroxylation is 1. The lowest BCUT2D eigenvalue weighted by Crippen LogP contribution is -2.49. The van der Waals surface area contributed by atoms with Crippen molar-refractivity contribution in [2.75, 3.05) is 19.6 Å². The minimum absolute atomic E-state index is 0.0396. The Bertz CT molecular complexity index is 501. The van der Waals surface area contributed by atoms with Crippen molar-refractivity contribution in [2.24, 2.45) is 5.73 Å². The van der Waals surface area contributed by atoms with Crippen molar-refractivity contribution in [3.05, 3.63) is 21.9 Å². The Hall–Kier alpha value is -1.40. The molecule has 3 N–H and O–H groups in total. The van der Waals surface area contributed by atoms with Crippen LogP contribution in [-0.4, -0.2) is 42.4 Å². The van der Waals surface area contributed by atoms with Crippen molar-refractivity contribution in [3.8, 4) is 0 Å². The maximum absolute atomic E-state index is 12.7. The number of hydrogen-bond donors (Lipinski definition) is 2. The third-order valence-electron chi connectivity index (χ3n) is 3.88. The van der Waals surface area contributed by atoms with Crippen molar-refractivity contribution in [3.63, 3.8) is 0 Å². The highest BCUT2D eigenvalue weighted by molar-refractivity contribution is 7.08.